The number of nitrogens with zero attached hydrogens (tertiary/aromatic N) is 1. The number of aryl methyl sites for hydroxylation is 1. The number of pyridine rings is 1. The molecular formula is C9H8ClNO. The predicted molar refractivity (Wildman–Crippen MR) is 46.5 cm³/mol. The van der Waals surface area contributed by atoms with Gasteiger partial charge in [-0.15, -0.1) is 0 Å². The van der Waals surface area contributed by atoms with Crippen LogP contribution in [0.5, 0.6) is 0 Å². The summed E-state index contributed by atoms with van der Waals surface area (Å²) in [4.78, 5) is 15.2. The summed E-state index contributed by atoms with van der Waals surface area (Å²) in [5.74, 6) is 0.195. The van der Waals surface area contributed by atoms with Crippen molar-refractivity contribution >= 4 is 17.4 Å². The zero-order chi connectivity index (χ0) is 8.55. The molecule has 0 saturated heterocycles. The lowest BCUT2D eigenvalue weighted by atomic mass is 9.93. The Kier molecular flexibility index (Phi) is 1.85. The predicted octanol–water partition coefficient (Wildman–Crippen LogP) is 2.25. The van der Waals surface area contributed by atoms with E-state index in [9.17, 15) is 4.79 Å². The lowest BCUT2D eigenvalue weighted by molar-refractivity contribution is 0.0972. The standard InChI is InChI=1S/C9H8ClNO/c10-9-4-6-2-1-3-8(12)7(6)5-11-9/h4-5H,1-3H2. The maximum atomic E-state index is 11.3. The normalized spacial score (nSPS) is 15.9. The molecule has 0 spiro atoms. The molecule has 0 radical (unpaired) electrons. The number of carbonyl (C=O) groups excluding carboxylic acids is 1. The van der Waals surface area contributed by atoms with Gasteiger partial charge in [-0.3, -0.25) is 4.79 Å². The van der Waals surface area contributed by atoms with E-state index in [0.29, 0.717) is 11.6 Å². The minimum atomic E-state index is 0.195. The van der Waals surface area contributed by atoms with Gasteiger partial charge in [0.25, 0.3) is 0 Å². The number of hydrogen-bond donors (Lipinski definition) is 0. The van der Waals surface area contributed by atoms with Gasteiger partial charge in [-0.2, -0.15) is 0 Å². The Bertz CT molecular complexity index is 335. The molecule has 1 aromatic heterocycles. The average Bonchev–Trinajstić information content (AvgIpc) is 2.04. The Labute approximate surface area is 75.6 Å². The number of ketones is 1. The van der Waals surface area contributed by atoms with Crippen LogP contribution in [-0.2, 0) is 6.42 Å². The summed E-state index contributed by atoms with van der Waals surface area (Å²) in [7, 11) is 0. The lowest BCUT2D eigenvalue weighted by Gasteiger charge is -2.13. The van der Waals surface area contributed by atoms with E-state index in [2.05, 4.69) is 4.98 Å². The van der Waals surface area contributed by atoms with E-state index < -0.39 is 0 Å². The summed E-state index contributed by atoms with van der Waals surface area (Å²) in [6, 6.07) is 1.79. The second-order valence-corrected chi connectivity index (χ2v) is 3.33. The first kappa shape index (κ1) is 7.74. The third-order valence-electron chi connectivity index (χ3n) is 2.11. The largest absolute Gasteiger partial charge is 0.294 e. The fourth-order valence-electron chi connectivity index (χ4n) is 1.50. The van der Waals surface area contributed by atoms with Crippen LogP contribution in [0.3, 0.4) is 0 Å². The van der Waals surface area contributed by atoms with Crippen LogP contribution >= 0.6 is 11.6 Å². The molecule has 0 saturated carbocycles. The fraction of sp³-hybridized carbons (Fsp3) is 0.333. The van der Waals surface area contributed by atoms with Crippen LogP contribution in [0.4, 0.5) is 0 Å². The molecule has 12 heavy (non-hydrogen) atoms. The highest BCUT2D eigenvalue weighted by atomic mass is 35.5. The molecule has 0 amide bonds. The van der Waals surface area contributed by atoms with Crippen molar-refractivity contribution in [2.75, 3.05) is 0 Å². The molecule has 2 nitrogen and oxygen atoms in total. The first-order valence-corrected chi connectivity index (χ1v) is 4.33. The van der Waals surface area contributed by atoms with Gasteiger partial charge in [-0.1, -0.05) is 11.6 Å². The molecule has 62 valence electrons. The number of carbonyl (C=O) groups is 1. The molecule has 1 heterocycles. The van der Waals surface area contributed by atoms with Gasteiger partial charge in [-0.25, -0.2) is 4.98 Å². The van der Waals surface area contributed by atoms with Crippen LogP contribution in [0.2, 0.25) is 5.15 Å². The molecule has 0 atom stereocenters. The van der Waals surface area contributed by atoms with Crippen LogP contribution < -0.4 is 0 Å². The Balaban J connectivity index is 2.53. The van der Waals surface area contributed by atoms with E-state index in [-0.39, 0.29) is 5.78 Å². The van der Waals surface area contributed by atoms with Crippen LogP contribution in [0, 0.1) is 0 Å². The summed E-state index contributed by atoms with van der Waals surface area (Å²) < 4.78 is 0. The van der Waals surface area contributed by atoms with Crippen molar-refractivity contribution in [2.45, 2.75) is 19.3 Å². The summed E-state index contributed by atoms with van der Waals surface area (Å²) in [6.07, 6.45) is 4.12. The van der Waals surface area contributed by atoms with Gasteiger partial charge in [0, 0.05) is 18.2 Å². The summed E-state index contributed by atoms with van der Waals surface area (Å²) in [6.45, 7) is 0. The van der Waals surface area contributed by atoms with Gasteiger partial charge in [0.1, 0.15) is 5.15 Å². The first-order valence-electron chi connectivity index (χ1n) is 3.95. The highest BCUT2D eigenvalue weighted by Crippen LogP contribution is 2.22. The van der Waals surface area contributed by atoms with Crippen molar-refractivity contribution in [1.29, 1.82) is 0 Å². The molecule has 0 aromatic carbocycles. The van der Waals surface area contributed by atoms with E-state index in [0.717, 1.165) is 24.0 Å². The smallest absolute Gasteiger partial charge is 0.164 e. The van der Waals surface area contributed by atoms with Crippen molar-refractivity contribution < 1.29 is 4.79 Å². The Morgan fingerprint density at radius 1 is 1.42 bits per heavy atom. The van der Waals surface area contributed by atoms with E-state index >= 15 is 0 Å². The fourth-order valence-corrected chi connectivity index (χ4v) is 1.68. The first-order chi connectivity index (χ1) is 5.77. The van der Waals surface area contributed by atoms with E-state index in [1.54, 1.807) is 12.3 Å². The van der Waals surface area contributed by atoms with Gasteiger partial charge in [0.2, 0.25) is 0 Å². The van der Waals surface area contributed by atoms with Crippen LogP contribution in [0.1, 0.15) is 28.8 Å². The quantitative estimate of drug-likeness (QED) is 0.575. The number of aromatic nitrogens is 1. The number of rotatable bonds is 0. The monoisotopic (exact) mass is 181 g/mol. The third-order valence-corrected chi connectivity index (χ3v) is 2.31. The molecule has 2 rings (SSSR count). The van der Waals surface area contributed by atoms with E-state index in [1.807, 2.05) is 0 Å². The Morgan fingerprint density at radius 2 is 2.25 bits per heavy atom. The van der Waals surface area contributed by atoms with Crippen LogP contribution in [-0.4, -0.2) is 10.8 Å². The number of fused-ring (bicyclic) bond motifs is 1. The van der Waals surface area contributed by atoms with Crippen molar-refractivity contribution in [1.82, 2.24) is 4.98 Å². The van der Waals surface area contributed by atoms with Crippen molar-refractivity contribution in [2.24, 2.45) is 0 Å². The van der Waals surface area contributed by atoms with Crippen LogP contribution in [0.15, 0.2) is 12.3 Å². The number of hydrogen-bond acceptors (Lipinski definition) is 2. The van der Waals surface area contributed by atoms with Crippen molar-refractivity contribution in [3.63, 3.8) is 0 Å². The third kappa shape index (κ3) is 1.23. The molecule has 1 aromatic rings. The maximum absolute atomic E-state index is 11.3. The average molecular weight is 182 g/mol. The van der Waals surface area contributed by atoms with Gasteiger partial charge < -0.3 is 0 Å². The zero-order valence-corrected chi connectivity index (χ0v) is 7.27. The summed E-state index contributed by atoms with van der Waals surface area (Å²) >= 11 is 5.70. The highest BCUT2D eigenvalue weighted by molar-refractivity contribution is 6.29. The molecule has 1 aliphatic rings. The van der Waals surface area contributed by atoms with Crippen molar-refractivity contribution in [3.05, 3.63) is 28.5 Å². The number of halogens is 1. The van der Waals surface area contributed by atoms with E-state index in [1.165, 1.54) is 0 Å². The van der Waals surface area contributed by atoms with Crippen LogP contribution in [0.25, 0.3) is 0 Å². The maximum Gasteiger partial charge on any atom is 0.164 e. The topological polar surface area (TPSA) is 30.0 Å². The molecule has 1 aliphatic carbocycles. The summed E-state index contributed by atoms with van der Waals surface area (Å²) in [5.41, 5.74) is 1.80. The van der Waals surface area contributed by atoms with E-state index in [4.69, 9.17) is 11.6 Å². The molecular weight excluding hydrogens is 174 g/mol. The molecule has 0 unspecified atom stereocenters. The molecule has 0 aliphatic heterocycles. The Morgan fingerprint density at radius 3 is 3.08 bits per heavy atom. The highest BCUT2D eigenvalue weighted by Gasteiger charge is 2.17. The second-order valence-electron chi connectivity index (χ2n) is 2.94. The molecule has 3 heteroatoms. The minimum absolute atomic E-state index is 0.195. The molecule has 0 N–H and O–H groups in total. The number of Topliss-reactive ketones (excluding diaryl/α,β-unsaturated/α-hetero) is 1. The van der Waals surface area contributed by atoms with Crippen molar-refractivity contribution in [3.8, 4) is 0 Å². The zero-order valence-electron chi connectivity index (χ0n) is 6.51. The minimum Gasteiger partial charge on any atom is -0.294 e. The summed E-state index contributed by atoms with van der Waals surface area (Å²) in [5, 5.41) is 0.475. The van der Waals surface area contributed by atoms with Gasteiger partial charge in [0.05, 0.1) is 0 Å². The lowest BCUT2D eigenvalue weighted by Crippen LogP contribution is -2.10. The second kappa shape index (κ2) is 2.87. The Hall–Kier alpha value is -0.890. The van der Waals surface area contributed by atoms with Gasteiger partial charge in [0.15, 0.2) is 5.78 Å². The SMILES string of the molecule is O=C1CCCc2cc(Cl)ncc21. The van der Waals surface area contributed by atoms with Gasteiger partial charge in [-0.05, 0) is 24.5 Å². The van der Waals surface area contributed by atoms with Gasteiger partial charge >= 0.3 is 0 Å². The molecule has 0 fully saturated rings. The molecule has 0 bridgehead atoms.